The third-order valence-corrected chi connectivity index (χ3v) is 4.72. The normalized spacial score (nSPS) is 11.8. The molecule has 0 saturated carbocycles. The predicted molar refractivity (Wildman–Crippen MR) is 112 cm³/mol. The number of para-hydroxylation sites is 1. The van der Waals surface area contributed by atoms with Gasteiger partial charge in [0.25, 0.3) is 5.91 Å². The summed E-state index contributed by atoms with van der Waals surface area (Å²) in [6.07, 6.45) is 2.65. The quantitative estimate of drug-likeness (QED) is 0.443. The number of esters is 1. The number of benzene rings is 2. The number of ether oxygens (including phenoxy) is 1. The molecule has 6 heteroatoms. The summed E-state index contributed by atoms with van der Waals surface area (Å²) in [7, 11) is 0. The van der Waals surface area contributed by atoms with Crippen LogP contribution in [-0.4, -0.2) is 28.7 Å². The average Bonchev–Trinajstić information content (AvgIpc) is 3.11. The van der Waals surface area contributed by atoms with Crippen molar-refractivity contribution in [3.8, 4) is 0 Å². The predicted octanol–water partition coefficient (Wildman–Crippen LogP) is 4.26. The zero-order valence-corrected chi connectivity index (χ0v) is 16.5. The highest BCUT2D eigenvalue weighted by Gasteiger charge is 2.18. The Morgan fingerprint density at radius 1 is 1.10 bits per heavy atom. The Balaban J connectivity index is 1.46. The second-order valence-corrected chi connectivity index (χ2v) is 6.97. The average molecular weight is 392 g/mol. The fourth-order valence-corrected chi connectivity index (χ4v) is 3.13. The summed E-state index contributed by atoms with van der Waals surface area (Å²) in [6, 6.07) is 14.7. The van der Waals surface area contributed by atoms with Gasteiger partial charge in [-0.2, -0.15) is 0 Å². The zero-order chi connectivity index (χ0) is 20.8. The second-order valence-electron chi connectivity index (χ2n) is 6.97. The molecule has 3 rings (SSSR count). The first kappa shape index (κ1) is 20.3. The monoisotopic (exact) mass is 392 g/mol. The van der Waals surface area contributed by atoms with Gasteiger partial charge in [-0.1, -0.05) is 30.3 Å². The summed E-state index contributed by atoms with van der Waals surface area (Å²) < 4.78 is 5.24. The molecule has 0 aliphatic carbocycles. The first-order chi connectivity index (χ1) is 13.9. The van der Waals surface area contributed by atoms with E-state index >= 15 is 0 Å². The molecule has 0 aliphatic rings. The topological polar surface area (TPSA) is 88.3 Å². The molecule has 0 spiro atoms. The van der Waals surface area contributed by atoms with E-state index < -0.39 is 18.0 Å². The maximum atomic E-state index is 12.3. The highest BCUT2D eigenvalue weighted by Crippen LogP contribution is 2.19. The van der Waals surface area contributed by atoms with Gasteiger partial charge in [-0.15, -0.1) is 0 Å². The molecule has 0 radical (unpaired) electrons. The number of rotatable bonds is 8. The fraction of sp³-hybridized carbons (Fsp3) is 0.261. The summed E-state index contributed by atoms with van der Waals surface area (Å²) in [4.78, 5) is 39.0. The minimum absolute atomic E-state index is 0.0872. The van der Waals surface area contributed by atoms with Crippen LogP contribution in [0.15, 0.2) is 54.7 Å². The third-order valence-electron chi connectivity index (χ3n) is 4.72. The Labute approximate surface area is 169 Å². The first-order valence-electron chi connectivity index (χ1n) is 9.60. The van der Waals surface area contributed by atoms with E-state index in [9.17, 15) is 14.4 Å². The smallest absolute Gasteiger partial charge is 0.306 e. The Morgan fingerprint density at radius 3 is 2.69 bits per heavy atom. The molecule has 0 bridgehead atoms. The lowest BCUT2D eigenvalue weighted by Gasteiger charge is -2.14. The number of anilines is 1. The van der Waals surface area contributed by atoms with E-state index in [1.165, 1.54) is 13.8 Å². The van der Waals surface area contributed by atoms with Crippen molar-refractivity contribution in [1.29, 1.82) is 0 Å². The van der Waals surface area contributed by atoms with Gasteiger partial charge in [0, 0.05) is 34.8 Å². The number of aromatic nitrogens is 1. The van der Waals surface area contributed by atoms with Gasteiger partial charge in [-0.25, -0.2) is 0 Å². The van der Waals surface area contributed by atoms with Gasteiger partial charge in [-0.3, -0.25) is 14.4 Å². The van der Waals surface area contributed by atoms with E-state index in [0.717, 1.165) is 22.9 Å². The number of aryl methyl sites for hydroxylation is 1. The minimum atomic E-state index is -0.920. The molecular formula is C23H24N2O4. The second kappa shape index (κ2) is 9.19. The van der Waals surface area contributed by atoms with Crippen LogP contribution in [-0.2, 0) is 20.7 Å². The summed E-state index contributed by atoms with van der Waals surface area (Å²) >= 11 is 0. The molecule has 1 aromatic heterocycles. The van der Waals surface area contributed by atoms with Gasteiger partial charge in [0.1, 0.15) is 0 Å². The van der Waals surface area contributed by atoms with E-state index in [4.69, 9.17) is 4.74 Å². The molecule has 1 heterocycles. The molecule has 2 aromatic carbocycles. The number of carbonyl (C=O) groups is 3. The van der Waals surface area contributed by atoms with Crippen LogP contribution in [0.1, 0.15) is 42.6 Å². The van der Waals surface area contributed by atoms with Gasteiger partial charge in [-0.05, 0) is 50.5 Å². The molecule has 0 unspecified atom stereocenters. The van der Waals surface area contributed by atoms with Gasteiger partial charge >= 0.3 is 5.97 Å². The van der Waals surface area contributed by atoms with Crippen molar-refractivity contribution in [2.45, 2.75) is 39.2 Å². The highest BCUT2D eigenvalue weighted by atomic mass is 16.5. The molecule has 0 fully saturated rings. The lowest BCUT2D eigenvalue weighted by Crippen LogP contribution is -2.30. The molecule has 0 saturated heterocycles. The summed E-state index contributed by atoms with van der Waals surface area (Å²) in [5, 5.41) is 3.82. The molecule has 2 N–H and O–H groups in total. The van der Waals surface area contributed by atoms with Crippen molar-refractivity contribution in [3.63, 3.8) is 0 Å². The maximum Gasteiger partial charge on any atom is 0.306 e. The number of hydrogen-bond donors (Lipinski definition) is 2. The van der Waals surface area contributed by atoms with Crippen LogP contribution in [0.25, 0.3) is 10.9 Å². The van der Waals surface area contributed by atoms with Gasteiger partial charge in [0.2, 0.25) is 0 Å². The number of amides is 1. The van der Waals surface area contributed by atoms with Crippen LogP contribution < -0.4 is 5.32 Å². The van der Waals surface area contributed by atoms with Crippen LogP contribution in [0.3, 0.4) is 0 Å². The molecule has 150 valence electrons. The Kier molecular flexibility index (Phi) is 6.44. The Hall–Kier alpha value is -3.41. The third kappa shape index (κ3) is 5.31. The number of ketones is 1. The van der Waals surface area contributed by atoms with E-state index in [1.54, 1.807) is 24.3 Å². The lowest BCUT2D eigenvalue weighted by molar-refractivity contribution is -0.153. The molecule has 3 aromatic rings. The number of H-pyrrole nitrogens is 1. The maximum absolute atomic E-state index is 12.3. The number of fused-ring (bicyclic) bond motifs is 1. The largest absolute Gasteiger partial charge is 0.453 e. The first-order valence-corrected chi connectivity index (χ1v) is 9.60. The number of aromatic amines is 1. The lowest BCUT2D eigenvalue weighted by atomic mass is 10.1. The highest BCUT2D eigenvalue weighted by molar-refractivity contribution is 5.98. The van der Waals surface area contributed by atoms with Crippen molar-refractivity contribution >= 4 is 34.3 Å². The van der Waals surface area contributed by atoms with Crippen LogP contribution in [0.4, 0.5) is 5.69 Å². The standard InChI is InChI=1S/C23H24N2O4/c1-15(26)17-7-5-9-19(13-17)25-23(28)16(2)29-22(27)12-6-8-18-14-24-21-11-4-3-10-20(18)21/h3-5,7,9-11,13-14,16,24H,6,8,12H2,1-2H3,(H,25,28)/t16-/m1/s1. The number of carbonyl (C=O) groups excluding carboxylic acids is 3. The molecular weight excluding hydrogens is 368 g/mol. The van der Waals surface area contributed by atoms with Gasteiger partial charge < -0.3 is 15.0 Å². The molecule has 29 heavy (non-hydrogen) atoms. The van der Waals surface area contributed by atoms with Crippen LogP contribution >= 0.6 is 0 Å². The van der Waals surface area contributed by atoms with Gasteiger partial charge in [0.15, 0.2) is 11.9 Å². The van der Waals surface area contributed by atoms with Crippen molar-refractivity contribution in [2.24, 2.45) is 0 Å². The van der Waals surface area contributed by atoms with Crippen molar-refractivity contribution < 1.29 is 19.1 Å². The van der Waals surface area contributed by atoms with Crippen LogP contribution in [0, 0.1) is 0 Å². The molecule has 6 nitrogen and oxygen atoms in total. The SMILES string of the molecule is CC(=O)c1cccc(NC(=O)[C@@H](C)OC(=O)CCCc2c[nH]c3ccccc23)c1. The summed E-state index contributed by atoms with van der Waals surface area (Å²) in [5.41, 5.74) is 3.23. The Bertz CT molecular complexity index is 1040. The summed E-state index contributed by atoms with van der Waals surface area (Å²) in [6.45, 7) is 2.99. The van der Waals surface area contributed by atoms with Crippen molar-refractivity contribution in [3.05, 3.63) is 65.9 Å². The molecule has 1 atom stereocenters. The molecule has 1 amide bonds. The molecule has 0 aliphatic heterocycles. The van der Waals surface area contributed by atoms with E-state index in [2.05, 4.69) is 10.3 Å². The van der Waals surface area contributed by atoms with Crippen molar-refractivity contribution in [2.75, 3.05) is 5.32 Å². The fourth-order valence-electron chi connectivity index (χ4n) is 3.13. The van der Waals surface area contributed by atoms with Crippen molar-refractivity contribution in [1.82, 2.24) is 4.98 Å². The zero-order valence-electron chi connectivity index (χ0n) is 16.5. The van der Waals surface area contributed by atoms with E-state index in [0.29, 0.717) is 17.7 Å². The van der Waals surface area contributed by atoms with Crippen LogP contribution in [0.5, 0.6) is 0 Å². The van der Waals surface area contributed by atoms with E-state index in [-0.39, 0.29) is 12.2 Å². The summed E-state index contributed by atoms with van der Waals surface area (Å²) in [5.74, 6) is -0.934. The number of nitrogens with one attached hydrogen (secondary N) is 2. The van der Waals surface area contributed by atoms with Crippen LogP contribution in [0.2, 0.25) is 0 Å². The minimum Gasteiger partial charge on any atom is -0.453 e. The Morgan fingerprint density at radius 2 is 1.90 bits per heavy atom. The number of Topliss-reactive ketones (excluding diaryl/α,β-unsaturated/α-hetero) is 1. The van der Waals surface area contributed by atoms with Gasteiger partial charge in [0.05, 0.1) is 0 Å². The number of hydrogen-bond acceptors (Lipinski definition) is 4. The van der Waals surface area contributed by atoms with E-state index in [1.807, 2.05) is 30.5 Å².